The molecule has 0 aliphatic heterocycles. The van der Waals surface area contributed by atoms with Crippen LogP contribution in [0.2, 0.25) is 0 Å². The van der Waals surface area contributed by atoms with Gasteiger partial charge in [-0.1, -0.05) is 13.0 Å². The van der Waals surface area contributed by atoms with E-state index in [2.05, 4.69) is 38.0 Å². The molecule has 0 bridgehead atoms. The number of nitrogens with zero attached hydrogens (tertiary/aromatic N) is 1. The summed E-state index contributed by atoms with van der Waals surface area (Å²) < 4.78 is 0. The zero-order valence-electron chi connectivity index (χ0n) is 12.9. The molecule has 0 unspecified atom stereocenters. The van der Waals surface area contributed by atoms with Crippen molar-refractivity contribution in [3.63, 3.8) is 0 Å². The van der Waals surface area contributed by atoms with Crippen LogP contribution in [0.25, 0.3) is 0 Å². The number of hydrogen-bond acceptors (Lipinski definition) is 2. The molecule has 0 saturated carbocycles. The average molecular weight is 262 g/mol. The first-order chi connectivity index (χ1) is 8.77. The zero-order valence-corrected chi connectivity index (χ0v) is 12.9. The molecular weight excluding hydrogens is 236 g/mol. The molecule has 0 spiro atoms. The minimum absolute atomic E-state index is 0.0143. The van der Waals surface area contributed by atoms with Crippen molar-refractivity contribution in [3.8, 4) is 0 Å². The second-order valence-corrected chi connectivity index (χ2v) is 5.90. The van der Waals surface area contributed by atoms with Gasteiger partial charge in [0.05, 0.1) is 0 Å². The topological polar surface area (TPSA) is 32.3 Å². The Balaban J connectivity index is 2.97. The number of benzene rings is 1. The highest BCUT2D eigenvalue weighted by Crippen LogP contribution is 2.25. The quantitative estimate of drug-likeness (QED) is 0.881. The number of nitrogens with one attached hydrogen (secondary N) is 1. The summed E-state index contributed by atoms with van der Waals surface area (Å²) in [6.07, 6.45) is 1.05. The molecule has 1 amide bonds. The summed E-state index contributed by atoms with van der Waals surface area (Å²) in [7, 11) is 2.07. The Morgan fingerprint density at radius 2 is 2.00 bits per heavy atom. The van der Waals surface area contributed by atoms with Crippen molar-refractivity contribution in [1.82, 2.24) is 5.32 Å². The lowest BCUT2D eigenvalue weighted by molar-refractivity contribution is 0.0943. The zero-order chi connectivity index (χ0) is 14.6. The molecule has 0 aromatic heterocycles. The molecule has 0 aliphatic rings. The predicted octanol–water partition coefficient (Wildman–Crippen LogP) is 3.45. The molecular formula is C16H26N2O. The van der Waals surface area contributed by atoms with E-state index in [0.29, 0.717) is 5.56 Å². The molecule has 0 fully saturated rings. The molecule has 3 heteroatoms. The van der Waals surface area contributed by atoms with E-state index in [1.165, 1.54) is 0 Å². The van der Waals surface area contributed by atoms with E-state index in [0.717, 1.165) is 12.1 Å². The number of carbonyl (C=O) groups is 1. The Kier molecular flexibility index (Phi) is 4.98. The van der Waals surface area contributed by atoms with Crippen LogP contribution < -0.4 is 10.2 Å². The molecule has 1 N–H and O–H groups in total. The van der Waals surface area contributed by atoms with Gasteiger partial charge in [0.1, 0.15) is 0 Å². The Labute approximate surface area is 117 Å². The Bertz CT molecular complexity index is 438. The van der Waals surface area contributed by atoms with Crippen LogP contribution in [0.5, 0.6) is 0 Å². The van der Waals surface area contributed by atoms with Crippen molar-refractivity contribution >= 4 is 11.6 Å². The highest BCUT2D eigenvalue weighted by atomic mass is 16.1. The lowest BCUT2D eigenvalue weighted by Gasteiger charge is -2.37. The fourth-order valence-corrected chi connectivity index (χ4v) is 1.79. The fraction of sp³-hybridized carbons (Fsp3) is 0.562. The van der Waals surface area contributed by atoms with E-state index >= 15 is 0 Å². The summed E-state index contributed by atoms with van der Waals surface area (Å²) in [6.45, 7) is 10.5. The Morgan fingerprint density at radius 1 is 1.37 bits per heavy atom. The van der Waals surface area contributed by atoms with E-state index in [1.54, 1.807) is 0 Å². The summed E-state index contributed by atoms with van der Waals surface area (Å²) in [5.41, 5.74) is 1.86. The van der Waals surface area contributed by atoms with Crippen LogP contribution in [0.1, 0.15) is 51.4 Å². The SMILES string of the molecule is CCC(C)(C)N(C)c1cccc(C(=O)NC(C)C)c1. The normalized spacial score (nSPS) is 11.5. The molecule has 106 valence electrons. The summed E-state index contributed by atoms with van der Waals surface area (Å²) in [5.74, 6) is -0.0143. The Morgan fingerprint density at radius 3 is 2.53 bits per heavy atom. The summed E-state index contributed by atoms with van der Waals surface area (Å²) in [6, 6.07) is 7.94. The van der Waals surface area contributed by atoms with Crippen LogP contribution in [0.15, 0.2) is 24.3 Å². The second-order valence-electron chi connectivity index (χ2n) is 5.90. The fourth-order valence-electron chi connectivity index (χ4n) is 1.79. The highest BCUT2D eigenvalue weighted by molar-refractivity contribution is 5.95. The van der Waals surface area contributed by atoms with E-state index in [-0.39, 0.29) is 17.5 Å². The third kappa shape index (κ3) is 3.98. The number of rotatable bonds is 5. The van der Waals surface area contributed by atoms with Gasteiger partial charge in [-0.15, -0.1) is 0 Å². The molecule has 1 aromatic carbocycles. The number of anilines is 1. The van der Waals surface area contributed by atoms with Crippen molar-refractivity contribution in [2.75, 3.05) is 11.9 Å². The van der Waals surface area contributed by atoms with Gasteiger partial charge in [0.2, 0.25) is 0 Å². The lowest BCUT2D eigenvalue weighted by Crippen LogP contribution is -2.40. The van der Waals surface area contributed by atoms with Crippen LogP contribution >= 0.6 is 0 Å². The van der Waals surface area contributed by atoms with Crippen molar-refractivity contribution in [1.29, 1.82) is 0 Å². The first-order valence-corrected chi connectivity index (χ1v) is 6.92. The maximum Gasteiger partial charge on any atom is 0.251 e. The maximum atomic E-state index is 12.0. The summed E-state index contributed by atoms with van der Waals surface area (Å²) in [4.78, 5) is 14.2. The van der Waals surface area contributed by atoms with Crippen molar-refractivity contribution in [2.45, 2.75) is 52.6 Å². The minimum Gasteiger partial charge on any atom is -0.369 e. The van der Waals surface area contributed by atoms with Gasteiger partial charge in [0.15, 0.2) is 0 Å². The average Bonchev–Trinajstić information content (AvgIpc) is 2.37. The lowest BCUT2D eigenvalue weighted by atomic mass is 9.98. The molecule has 0 aliphatic carbocycles. The number of amides is 1. The van der Waals surface area contributed by atoms with Crippen LogP contribution in [0.3, 0.4) is 0 Å². The minimum atomic E-state index is -0.0143. The van der Waals surface area contributed by atoms with Gasteiger partial charge in [0.25, 0.3) is 5.91 Å². The molecule has 19 heavy (non-hydrogen) atoms. The predicted molar refractivity (Wildman–Crippen MR) is 81.8 cm³/mol. The van der Waals surface area contributed by atoms with Crippen LogP contribution in [0.4, 0.5) is 5.69 Å². The van der Waals surface area contributed by atoms with Gasteiger partial charge >= 0.3 is 0 Å². The smallest absolute Gasteiger partial charge is 0.251 e. The van der Waals surface area contributed by atoms with Gasteiger partial charge in [-0.05, 0) is 52.3 Å². The highest BCUT2D eigenvalue weighted by Gasteiger charge is 2.22. The third-order valence-electron chi connectivity index (χ3n) is 3.69. The van der Waals surface area contributed by atoms with Gasteiger partial charge in [-0.2, -0.15) is 0 Å². The Hall–Kier alpha value is -1.51. The number of hydrogen-bond donors (Lipinski definition) is 1. The maximum absolute atomic E-state index is 12.0. The van der Waals surface area contributed by atoms with Crippen molar-refractivity contribution in [2.24, 2.45) is 0 Å². The van der Waals surface area contributed by atoms with Gasteiger partial charge in [-0.25, -0.2) is 0 Å². The van der Waals surface area contributed by atoms with Gasteiger partial charge in [-0.3, -0.25) is 4.79 Å². The summed E-state index contributed by atoms with van der Waals surface area (Å²) >= 11 is 0. The molecule has 3 nitrogen and oxygen atoms in total. The first-order valence-electron chi connectivity index (χ1n) is 6.92. The standard InChI is InChI=1S/C16H26N2O/c1-7-16(4,5)18(6)14-10-8-9-13(11-14)15(19)17-12(2)3/h8-12H,7H2,1-6H3,(H,17,19). The molecule has 0 atom stereocenters. The monoisotopic (exact) mass is 262 g/mol. The van der Waals surface area contributed by atoms with E-state index < -0.39 is 0 Å². The molecule has 0 radical (unpaired) electrons. The van der Waals surface area contributed by atoms with Crippen molar-refractivity contribution < 1.29 is 4.79 Å². The first kappa shape index (κ1) is 15.5. The van der Waals surface area contributed by atoms with E-state index in [4.69, 9.17) is 0 Å². The third-order valence-corrected chi connectivity index (χ3v) is 3.69. The number of carbonyl (C=O) groups excluding carboxylic acids is 1. The van der Waals surface area contributed by atoms with Gasteiger partial charge in [0, 0.05) is 29.9 Å². The second kappa shape index (κ2) is 6.09. The van der Waals surface area contributed by atoms with Crippen LogP contribution in [-0.2, 0) is 0 Å². The largest absolute Gasteiger partial charge is 0.369 e. The van der Waals surface area contributed by atoms with Gasteiger partial charge < -0.3 is 10.2 Å². The molecule has 0 saturated heterocycles. The van der Waals surface area contributed by atoms with E-state index in [9.17, 15) is 4.79 Å². The molecule has 1 aromatic rings. The molecule has 0 heterocycles. The molecule has 1 rings (SSSR count). The van der Waals surface area contributed by atoms with E-state index in [1.807, 2.05) is 38.1 Å². The van der Waals surface area contributed by atoms with Crippen LogP contribution in [0, 0.1) is 0 Å². The van der Waals surface area contributed by atoms with Crippen molar-refractivity contribution in [3.05, 3.63) is 29.8 Å². The summed E-state index contributed by atoms with van der Waals surface area (Å²) in [5, 5.41) is 2.92. The van der Waals surface area contributed by atoms with Crippen LogP contribution in [-0.4, -0.2) is 24.5 Å².